The molecule has 1 heterocycles. The summed E-state index contributed by atoms with van der Waals surface area (Å²) < 4.78 is 49.9. The lowest BCUT2D eigenvalue weighted by molar-refractivity contribution is -0.244. The van der Waals surface area contributed by atoms with Gasteiger partial charge in [-0.2, -0.15) is 0 Å². The number of Topliss-reactive ketones (excluding diaryl/α,β-unsaturated/α-hetero) is 1. The fourth-order valence-corrected chi connectivity index (χ4v) is 8.06. The normalized spacial score (nSPS) is 47.6. The molecule has 0 radical (unpaired) electrons. The Bertz CT molecular complexity index is 1090. The molecule has 5 aliphatic rings. The van der Waals surface area contributed by atoms with Gasteiger partial charge in [0.05, 0.1) is 12.2 Å². The van der Waals surface area contributed by atoms with E-state index in [0.717, 1.165) is 0 Å². The van der Waals surface area contributed by atoms with Gasteiger partial charge >= 0.3 is 5.43 Å². The average molecular weight is 515 g/mol. The smallest absolute Gasteiger partial charge is 0.404 e. The van der Waals surface area contributed by atoms with Crippen molar-refractivity contribution in [2.45, 2.75) is 82.6 Å². The van der Waals surface area contributed by atoms with Gasteiger partial charge in [-0.3, -0.25) is 9.59 Å². The third kappa shape index (κ3) is 3.01. The summed E-state index contributed by atoms with van der Waals surface area (Å²) >= 11 is 5.28. The number of alkyl halides is 1. The minimum absolute atomic E-state index is 0.0676. The van der Waals surface area contributed by atoms with E-state index in [2.05, 4.69) is 0 Å². The fraction of sp³-hybridized carbons (Fsp3) is 0.720. The van der Waals surface area contributed by atoms with Gasteiger partial charge < -0.3 is 19.3 Å². The van der Waals surface area contributed by atoms with Crippen LogP contribution >= 0.6 is 11.6 Å². The highest BCUT2D eigenvalue weighted by Gasteiger charge is 2.80. The predicted molar refractivity (Wildman–Crippen MR) is 119 cm³/mol. The lowest BCUT2D eigenvalue weighted by Crippen LogP contribution is -2.70. The monoisotopic (exact) mass is 514 g/mol. The first-order chi connectivity index (χ1) is 16.1. The van der Waals surface area contributed by atoms with Crippen LogP contribution in [-0.4, -0.2) is 58.0 Å². The average Bonchev–Trinajstić information content (AvgIpc) is 3.16. The standard InChI is InChI=1S/C25H29ClF2O7/c1-21(2)34-19-9-13-14-8-16(27)15-7-12(29)5-6-22(15,3)24(14,28)17(30)10-23(13,4)25(19,35-21)18(31)11-33-20(26)32/h5-6,13-14,17,19,30H,7-11H2,1-4H3/t13?,14?,17-,19+,22?,23?,24-,25?/m0/s1. The van der Waals surface area contributed by atoms with Crippen LogP contribution in [0.3, 0.4) is 0 Å². The molecule has 7 nitrogen and oxygen atoms in total. The number of carbonyl (C=O) groups is 3. The molecule has 35 heavy (non-hydrogen) atoms. The number of allylic oxidation sites excluding steroid dienone is 4. The van der Waals surface area contributed by atoms with Gasteiger partial charge in [-0.15, -0.1) is 0 Å². The molecule has 4 aliphatic carbocycles. The van der Waals surface area contributed by atoms with Crippen molar-refractivity contribution in [2.24, 2.45) is 22.7 Å². The number of rotatable bonds is 3. The number of carbonyl (C=O) groups excluding carboxylic acids is 3. The van der Waals surface area contributed by atoms with Crippen molar-refractivity contribution < 1.29 is 42.5 Å². The van der Waals surface area contributed by atoms with E-state index in [1.165, 1.54) is 19.1 Å². The van der Waals surface area contributed by atoms with Crippen LogP contribution in [-0.2, 0) is 23.8 Å². The molecular formula is C25H29ClF2O7. The summed E-state index contributed by atoms with van der Waals surface area (Å²) in [4.78, 5) is 36.8. The molecule has 10 heteroatoms. The number of ether oxygens (including phenoxy) is 3. The fourth-order valence-electron chi connectivity index (χ4n) is 8.01. The SMILES string of the molecule is CC1(C)O[C@@H]2CC3C4CC(F)=C5CC(=O)C=CC5(C)[C@@]4(F)[C@@H](O)CC3(C)C2(C(=O)COC(=O)Cl)O1. The van der Waals surface area contributed by atoms with Crippen LogP contribution in [0.2, 0.25) is 0 Å². The van der Waals surface area contributed by atoms with Crippen LogP contribution in [0.1, 0.15) is 53.4 Å². The zero-order chi connectivity index (χ0) is 25.8. The second-order valence-corrected chi connectivity index (χ2v) is 11.7. The third-order valence-corrected chi connectivity index (χ3v) is 9.49. The summed E-state index contributed by atoms with van der Waals surface area (Å²) in [6.45, 7) is 5.86. The maximum absolute atomic E-state index is 17.3. The summed E-state index contributed by atoms with van der Waals surface area (Å²) in [6, 6.07) is 0. The maximum atomic E-state index is 17.3. The number of hydrogen-bond acceptors (Lipinski definition) is 7. The third-order valence-electron chi connectivity index (χ3n) is 9.38. The molecule has 0 spiro atoms. The first-order valence-corrected chi connectivity index (χ1v) is 12.2. The van der Waals surface area contributed by atoms with Gasteiger partial charge in [-0.1, -0.05) is 13.0 Å². The summed E-state index contributed by atoms with van der Waals surface area (Å²) in [5.41, 5.74) is -7.70. The zero-order valence-electron chi connectivity index (χ0n) is 20.0. The molecule has 3 fully saturated rings. The number of halogens is 3. The molecule has 0 aromatic heterocycles. The van der Waals surface area contributed by atoms with Crippen molar-refractivity contribution in [1.29, 1.82) is 0 Å². The quantitative estimate of drug-likeness (QED) is 0.566. The van der Waals surface area contributed by atoms with Crippen molar-refractivity contribution in [3.63, 3.8) is 0 Å². The Morgan fingerprint density at radius 2 is 1.94 bits per heavy atom. The Kier molecular flexibility index (Phi) is 5.31. The molecule has 5 rings (SSSR count). The number of aliphatic hydroxyl groups excluding tert-OH is 1. The van der Waals surface area contributed by atoms with Crippen LogP contribution < -0.4 is 0 Å². The molecule has 2 saturated carbocycles. The molecule has 1 N–H and O–H groups in total. The summed E-state index contributed by atoms with van der Waals surface area (Å²) in [7, 11) is 0. The van der Waals surface area contributed by atoms with Crippen LogP contribution in [0.15, 0.2) is 23.6 Å². The van der Waals surface area contributed by atoms with Gasteiger partial charge in [0.2, 0.25) is 5.78 Å². The predicted octanol–water partition coefficient (Wildman–Crippen LogP) is 4.10. The Labute approximate surface area is 206 Å². The molecule has 8 atom stereocenters. The highest BCUT2D eigenvalue weighted by Crippen LogP contribution is 2.72. The maximum Gasteiger partial charge on any atom is 0.404 e. The van der Waals surface area contributed by atoms with Crippen molar-refractivity contribution in [3.8, 4) is 0 Å². The molecule has 5 unspecified atom stereocenters. The first kappa shape index (κ1) is 25.0. The van der Waals surface area contributed by atoms with Gasteiger partial charge in [-0.05, 0) is 51.2 Å². The summed E-state index contributed by atoms with van der Waals surface area (Å²) in [6.07, 6.45) is -0.321. The van der Waals surface area contributed by atoms with Crippen molar-refractivity contribution in [2.75, 3.05) is 6.61 Å². The Balaban J connectivity index is 1.63. The molecule has 0 bridgehead atoms. The lowest BCUT2D eigenvalue weighted by Gasteiger charge is -2.62. The lowest BCUT2D eigenvalue weighted by atomic mass is 9.45. The Hall–Kier alpha value is -1.68. The Morgan fingerprint density at radius 1 is 1.26 bits per heavy atom. The summed E-state index contributed by atoms with van der Waals surface area (Å²) in [5.74, 6) is -4.27. The largest absolute Gasteiger partial charge is 0.446 e. The zero-order valence-corrected chi connectivity index (χ0v) is 20.8. The second-order valence-electron chi connectivity index (χ2n) is 11.4. The highest BCUT2D eigenvalue weighted by molar-refractivity contribution is 6.61. The van der Waals surface area contributed by atoms with Gasteiger partial charge in [0.25, 0.3) is 0 Å². The van der Waals surface area contributed by atoms with E-state index < -0.39 is 75.6 Å². The Morgan fingerprint density at radius 3 is 2.60 bits per heavy atom. The van der Waals surface area contributed by atoms with E-state index in [9.17, 15) is 19.5 Å². The number of ketones is 2. The van der Waals surface area contributed by atoms with Crippen LogP contribution in [0.5, 0.6) is 0 Å². The van der Waals surface area contributed by atoms with Crippen LogP contribution in [0.25, 0.3) is 0 Å². The molecule has 0 aromatic rings. The van der Waals surface area contributed by atoms with Crippen LogP contribution in [0.4, 0.5) is 13.6 Å². The second kappa shape index (κ2) is 7.43. The number of hydrogen-bond donors (Lipinski definition) is 1. The van der Waals surface area contributed by atoms with E-state index in [-0.39, 0.29) is 37.0 Å². The topological polar surface area (TPSA) is 99.1 Å². The van der Waals surface area contributed by atoms with Gasteiger partial charge in [-0.25, -0.2) is 13.6 Å². The molecule has 0 aromatic carbocycles. The van der Waals surface area contributed by atoms with E-state index in [1.54, 1.807) is 20.8 Å². The van der Waals surface area contributed by atoms with E-state index in [1.807, 2.05) is 0 Å². The first-order valence-electron chi connectivity index (χ1n) is 11.8. The number of fused-ring (bicyclic) bond motifs is 7. The molecule has 1 aliphatic heterocycles. The molecule has 0 amide bonds. The molecule has 192 valence electrons. The minimum Gasteiger partial charge on any atom is -0.446 e. The highest BCUT2D eigenvalue weighted by atomic mass is 35.5. The van der Waals surface area contributed by atoms with E-state index >= 15 is 8.78 Å². The molecule has 1 saturated heterocycles. The van der Waals surface area contributed by atoms with E-state index in [4.69, 9.17) is 25.8 Å². The summed E-state index contributed by atoms with van der Waals surface area (Å²) in [5, 5.41) is 11.4. The van der Waals surface area contributed by atoms with Crippen molar-refractivity contribution in [1.82, 2.24) is 0 Å². The van der Waals surface area contributed by atoms with Crippen LogP contribution in [0, 0.1) is 22.7 Å². The van der Waals surface area contributed by atoms with Crippen molar-refractivity contribution >= 4 is 28.6 Å². The minimum atomic E-state index is -2.28. The van der Waals surface area contributed by atoms with Gasteiger partial charge in [0, 0.05) is 41.2 Å². The number of aliphatic hydroxyl groups is 1. The van der Waals surface area contributed by atoms with Crippen molar-refractivity contribution in [3.05, 3.63) is 23.6 Å². The molecular weight excluding hydrogens is 486 g/mol. The van der Waals surface area contributed by atoms with Gasteiger partial charge in [0.1, 0.15) is 5.83 Å². The van der Waals surface area contributed by atoms with Gasteiger partial charge in [0.15, 0.2) is 29.4 Å². The van der Waals surface area contributed by atoms with E-state index in [0.29, 0.717) is 0 Å².